The zero-order valence-corrected chi connectivity index (χ0v) is 10.8. The topological polar surface area (TPSA) is 60.5 Å². The van der Waals surface area contributed by atoms with Crippen LogP contribution in [0.5, 0.6) is 0 Å². The van der Waals surface area contributed by atoms with Gasteiger partial charge in [0.1, 0.15) is 0 Å². The Morgan fingerprint density at radius 2 is 2.17 bits per heavy atom. The number of ether oxygens (including phenoxy) is 1. The highest BCUT2D eigenvalue weighted by atomic mass is 16.5. The van der Waals surface area contributed by atoms with E-state index < -0.39 is 0 Å². The van der Waals surface area contributed by atoms with E-state index in [0.29, 0.717) is 18.3 Å². The second kappa shape index (κ2) is 6.02. The number of nitrogens with zero attached hydrogens (tertiary/aromatic N) is 2. The van der Waals surface area contributed by atoms with E-state index in [0.717, 1.165) is 32.6 Å². The van der Waals surface area contributed by atoms with E-state index in [4.69, 9.17) is 10.5 Å². The fraction of sp³-hybridized carbons (Fsp3) is 0.615. The smallest absolute Gasteiger partial charge is 0.250 e. The Hall–Kier alpha value is -1.33. The molecule has 1 aliphatic heterocycles. The van der Waals surface area contributed by atoms with E-state index in [2.05, 4.69) is 11.9 Å². The van der Waals surface area contributed by atoms with E-state index in [-0.39, 0.29) is 5.56 Å². The van der Waals surface area contributed by atoms with Gasteiger partial charge in [-0.15, -0.1) is 0 Å². The van der Waals surface area contributed by atoms with E-state index in [1.54, 1.807) is 16.8 Å². The molecule has 2 rings (SSSR count). The Morgan fingerprint density at radius 3 is 2.89 bits per heavy atom. The minimum Gasteiger partial charge on any atom is -0.398 e. The van der Waals surface area contributed by atoms with Gasteiger partial charge < -0.3 is 19.9 Å². The minimum absolute atomic E-state index is 0.00424. The van der Waals surface area contributed by atoms with Gasteiger partial charge in [0.05, 0.1) is 0 Å². The lowest BCUT2D eigenvalue weighted by Gasteiger charge is -2.31. The largest absolute Gasteiger partial charge is 0.398 e. The van der Waals surface area contributed by atoms with Crippen molar-refractivity contribution < 1.29 is 4.74 Å². The van der Waals surface area contributed by atoms with Crippen LogP contribution in [0.2, 0.25) is 0 Å². The van der Waals surface area contributed by atoms with Crippen LogP contribution >= 0.6 is 0 Å². The lowest BCUT2D eigenvalue weighted by atomic mass is 10.1. The van der Waals surface area contributed by atoms with Crippen LogP contribution in [-0.2, 0) is 11.3 Å². The van der Waals surface area contributed by atoms with Crippen molar-refractivity contribution in [3.63, 3.8) is 0 Å². The van der Waals surface area contributed by atoms with Gasteiger partial charge in [0.25, 0.3) is 5.56 Å². The molecule has 1 aromatic rings. The number of anilines is 1. The molecule has 5 heteroatoms. The SMILES string of the molecule is CN(CCn1cc(N)ccc1=O)C1CCOCC1. The first-order chi connectivity index (χ1) is 8.66. The third kappa shape index (κ3) is 3.34. The average molecular weight is 251 g/mol. The first-order valence-electron chi connectivity index (χ1n) is 6.41. The van der Waals surface area contributed by atoms with Crippen molar-refractivity contribution in [3.05, 3.63) is 28.7 Å². The first-order valence-corrected chi connectivity index (χ1v) is 6.41. The molecule has 0 atom stereocenters. The minimum atomic E-state index is 0.00424. The number of likely N-dealkylation sites (N-methyl/N-ethyl adjacent to an activating group) is 1. The van der Waals surface area contributed by atoms with Gasteiger partial charge in [-0.1, -0.05) is 0 Å². The van der Waals surface area contributed by atoms with Gasteiger partial charge in [0.15, 0.2) is 0 Å². The summed E-state index contributed by atoms with van der Waals surface area (Å²) in [5.74, 6) is 0. The summed E-state index contributed by atoms with van der Waals surface area (Å²) >= 11 is 0. The van der Waals surface area contributed by atoms with Crippen molar-refractivity contribution in [2.75, 3.05) is 32.5 Å². The molecule has 0 saturated carbocycles. The number of hydrogen-bond donors (Lipinski definition) is 1. The lowest BCUT2D eigenvalue weighted by molar-refractivity contribution is 0.0420. The third-order valence-electron chi connectivity index (χ3n) is 3.51. The molecular weight excluding hydrogens is 230 g/mol. The van der Waals surface area contributed by atoms with Crippen molar-refractivity contribution in [2.45, 2.75) is 25.4 Å². The van der Waals surface area contributed by atoms with Gasteiger partial charge in [0, 0.05) is 50.3 Å². The molecule has 1 saturated heterocycles. The quantitative estimate of drug-likeness (QED) is 0.848. The summed E-state index contributed by atoms with van der Waals surface area (Å²) in [7, 11) is 2.10. The summed E-state index contributed by atoms with van der Waals surface area (Å²) in [5.41, 5.74) is 6.32. The normalized spacial score (nSPS) is 17.2. The predicted octanol–water partition coefficient (Wildman–Crippen LogP) is 0.541. The maximum atomic E-state index is 11.6. The third-order valence-corrected chi connectivity index (χ3v) is 3.51. The number of nitrogen functional groups attached to an aromatic ring is 1. The van der Waals surface area contributed by atoms with E-state index in [1.807, 2.05) is 0 Å². The molecular formula is C13H21N3O2. The number of nitrogens with two attached hydrogens (primary N) is 1. The Bertz CT molecular complexity index is 438. The standard InChI is InChI=1S/C13H21N3O2/c1-15(12-4-8-18-9-5-12)6-7-16-10-11(14)2-3-13(16)17/h2-3,10,12H,4-9,14H2,1H3. The molecule has 0 unspecified atom stereocenters. The van der Waals surface area contributed by atoms with Gasteiger partial charge in [-0.3, -0.25) is 4.79 Å². The average Bonchev–Trinajstić information content (AvgIpc) is 2.40. The van der Waals surface area contributed by atoms with Gasteiger partial charge >= 0.3 is 0 Å². The molecule has 0 spiro atoms. The molecule has 0 aromatic carbocycles. The molecule has 100 valence electrons. The molecule has 0 bridgehead atoms. The van der Waals surface area contributed by atoms with Crippen molar-refractivity contribution in [1.82, 2.24) is 9.47 Å². The highest BCUT2D eigenvalue weighted by molar-refractivity contribution is 5.33. The number of rotatable bonds is 4. The van der Waals surface area contributed by atoms with Crippen LogP contribution in [-0.4, -0.2) is 42.3 Å². The highest BCUT2D eigenvalue weighted by Gasteiger charge is 2.17. The molecule has 18 heavy (non-hydrogen) atoms. The fourth-order valence-corrected chi connectivity index (χ4v) is 2.30. The van der Waals surface area contributed by atoms with Crippen molar-refractivity contribution in [1.29, 1.82) is 0 Å². The van der Waals surface area contributed by atoms with Gasteiger partial charge in [0.2, 0.25) is 0 Å². The molecule has 1 fully saturated rings. The van der Waals surface area contributed by atoms with Crippen LogP contribution in [0.3, 0.4) is 0 Å². The maximum Gasteiger partial charge on any atom is 0.250 e. The molecule has 5 nitrogen and oxygen atoms in total. The molecule has 2 N–H and O–H groups in total. The van der Waals surface area contributed by atoms with Crippen LogP contribution in [0.15, 0.2) is 23.1 Å². The summed E-state index contributed by atoms with van der Waals surface area (Å²) in [6.07, 6.45) is 3.85. The summed E-state index contributed by atoms with van der Waals surface area (Å²) in [5, 5.41) is 0. The zero-order chi connectivity index (χ0) is 13.0. The fourth-order valence-electron chi connectivity index (χ4n) is 2.30. The lowest BCUT2D eigenvalue weighted by Crippen LogP contribution is -2.39. The van der Waals surface area contributed by atoms with Crippen molar-refractivity contribution >= 4 is 5.69 Å². The van der Waals surface area contributed by atoms with Crippen LogP contribution in [0.4, 0.5) is 5.69 Å². The number of pyridine rings is 1. The summed E-state index contributed by atoms with van der Waals surface area (Å²) in [6.45, 7) is 3.21. The van der Waals surface area contributed by atoms with E-state index in [9.17, 15) is 4.79 Å². The van der Waals surface area contributed by atoms with Crippen LogP contribution < -0.4 is 11.3 Å². The van der Waals surface area contributed by atoms with Crippen LogP contribution in [0, 0.1) is 0 Å². The second-order valence-electron chi connectivity index (χ2n) is 4.82. The Balaban J connectivity index is 1.90. The molecule has 1 aromatic heterocycles. The Labute approximate surface area is 107 Å². The van der Waals surface area contributed by atoms with Gasteiger partial charge in [-0.05, 0) is 26.0 Å². The van der Waals surface area contributed by atoms with Gasteiger partial charge in [-0.25, -0.2) is 0 Å². The second-order valence-corrected chi connectivity index (χ2v) is 4.82. The van der Waals surface area contributed by atoms with Crippen LogP contribution in [0.25, 0.3) is 0 Å². The first kappa shape index (κ1) is 13.1. The highest BCUT2D eigenvalue weighted by Crippen LogP contribution is 2.12. The summed E-state index contributed by atoms with van der Waals surface area (Å²) in [4.78, 5) is 13.9. The molecule has 0 amide bonds. The van der Waals surface area contributed by atoms with Gasteiger partial charge in [-0.2, -0.15) is 0 Å². The summed E-state index contributed by atoms with van der Waals surface area (Å²) < 4.78 is 7.02. The molecule has 1 aliphatic rings. The maximum absolute atomic E-state index is 11.6. The van der Waals surface area contributed by atoms with E-state index >= 15 is 0 Å². The zero-order valence-electron chi connectivity index (χ0n) is 10.8. The van der Waals surface area contributed by atoms with Crippen molar-refractivity contribution in [3.8, 4) is 0 Å². The molecule has 2 heterocycles. The number of hydrogen-bond acceptors (Lipinski definition) is 4. The Morgan fingerprint density at radius 1 is 1.44 bits per heavy atom. The van der Waals surface area contributed by atoms with E-state index in [1.165, 1.54) is 6.07 Å². The Kier molecular flexibility index (Phi) is 4.38. The van der Waals surface area contributed by atoms with Crippen molar-refractivity contribution in [2.24, 2.45) is 0 Å². The van der Waals surface area contributed by atoms with Crippen LogP contribution in [0.1, 0.15) is 12.8 Å². The predicted molar refractivity (Wildman–Crippen MR) is 71.6 cm³/mol. The molecule has 0 radical (unpaired) electrons. The molecule has 0 aliphatic carbocycles. The number of aromatic nitrogens is 1. The summed E-state index contributed by atoms with van der Waals surface area (Å²) in [6, 6.07) is 3.72. The monoisotopic (exact) mass is 251 g/mol.